The number of halogens is 2. The van der Waals surface area contributed by atoms with Gasteiger partial charge in [-0.05, 0) is 5.56 Å². The second-order valence-electron chi connectivity index (χ2n) is 4.16. The van der Waals surface area contributed by atoms with Crippen molar-refractivity contribution >= 4 is 5.91 Å². The van der Waals surface area contributed by atoms with Crippen LogP contribution in [0.4, 0.5) is 8.78 Å². The average molecular weight is 277 g/mol. The van der Waals surface area contributed by atoms with Gasteiger partial charge in [0.1, 0.15) is 17.4 Å². The maximum absolute atomic E-state index is 12.9. The zero-order chi connectivity index (χ0) is 14.4. The molecule has 0 aliphatic heterocycles. The van der Waals surface area contributed by atoms with E-state index in [1.54, 1.807) is 0 Å². The molecule has 20 heavy (non-hydrogen) atoms. The highest BCUT2D eigenvalue weighted by atomic mass is 19.1. The smallest absolute Gasteiger partial charge is 0.258 e. The van der Waals surface area contributed by atoms with Gasteiger partial charge in [0.05, 0.1) is 0 Å². The Kier molecular flexibility index (Phi) is 4.65. The number of ether oxygens (including phenoxy) is 1. The summed E-state index contributed by atoms with van der Waals surface area (Å²) >= 11 is 0. The quantitative estimate of drug-likeness (QED) is 0.912. The Bertz CT molecular complexity index is 567. The van der Waals surface area contributed by atoms with Gasteiger partial charge in [0.2, 0.25) is 0 Å². The van der Waals surface area contributed by atoms with Crippen molar-refractivity contribution in [3.63, 3.8) is 0 Å². The summed E-state index contributed by atoms with van der Waals surface area (Å²) in [6.45, 7) is 0.0796. The minimum atomic E-state index is -0.746. The second-order valence-corrected chi connectivity index (χ2v) is 4.16. The third-order valence-electron chi connectivity index (χ3n) is 2.54. The Hall–Kier alpha value is -2.43. The fourth-order valence-corrected chi connectivity index (χ4v) is 1.61. The molecular weight excluding hydrogens is 264 g/mol. The van der Waals surface area contributed by atoms with E-state index in [0.29, 0.717) is 6.54 Å². The topological polar surface area (TPSA) is 38.3 Å². The van der Waals surface area contributed by atoms with Crippen molar-refractivity contribution in [1.29, 1.82) is 0 Å². The molecule has 2 aromatic rings. The van der Waals surface area contributed by atoms with Crippen LogP contribution in [0.25, 0.3) is 0 Å². The first kappa shape index (κ1) is 14.0. The number of carbonyl (C=O) groups is 1. The molecule has 104 valence electrons. The maximum atomic E-state index is 12.9. The van der Waals surface area contributed by atoms with Crippen molar-refractivity contribution in [3.8, 4) is 5.75 Å². The zero-order valence-electron chi connectivity index (χ0n) is 10.6. The second kappa shape index (κ2) is 6.65. The molecule has 0 fully saturated rings. The highest BCUT2D eigenvalue weighted by molar-refractivity contribution is 5.77. The van der Waals surface area contributed by atoms with E-state index in [4.69, 9.17) is 4.74 Å². The standard InChI is InChI=1S/C15H13F2NO2/c16-12-6-13(17)8-14(7-12)20-10-15(19)18-9-11-4-2-1-3-5-11/h1-8H,9-10H2,(H,18,19). The van der Waals surface area contributed by atoms with Crippen molar-refractivity contribution in [2.24, 2.45) is 0 Å². The fraction of sp³-hybridized carbons (Fsp3) is 0.133. The molecule has 0 unspecified atom stereocenters. The predicted molar refractivity (Wildman–Crippen MR) is 70.1 cm³/mol. The maximum Gasteiger partial charge on any atom is 0.258 e. The van der Waals surface area contributed by atoms with E-state index >= 15 is 0 Å². The number of benzene rings is 2. The van der Waals surface area contributed by atoms with Crippen molar-refractivity contribution in [3.05, 3.63) is 65.7 Å². The van der Waals surface area contributed by atoms with Crippen LogP contribution in [0.3, 0.4) is 0 Å². The molecular formula is C15H13F2NO2. The van der Waals surface area contributed by atoms with Gasteiger partial charge in [-0.15, -0.1) is 0 Å². The monoisotopic (exact) mass is 277 g/mol. The molecule has 1 amide bonds. The highest BCUT2D eigenvalue weighted by Gasteiger charge is 2.05. The number of carbonyl (C=O) groups excluding carboxylic acids is 1. The van der Waals surface area contributed by atoms with E-state index in [2.05, 4.69) is 5.32 Å². The van der Waals surface area contributed by atoms with Crippen LogP contribution in [0.1, 0.15) is 5.56 Å². The number of hydrogen-bond donors (Lipinski definition) is 1. The molecule has 0 atom stereocenters. The molecule has 3 nitrogen and oxygen atoms in total. The van der Waals surface area contributed by atoms with Crippen LogP contribution in [-0.4, -0.2) is 12.5 Å². The number of nitrogens with one attached hydrogen (secondary N) is 1. The summed E-state index contributed by atoms with van der Waals surface area (Å²) in [4.78, 5) is 11.5. The SMILES string of the molecule is O=C(COc1cc(F)cc(F)c1)NCc1ccccc1. The van der Waals surface area contributed by atoms with Crippen molar-refractivity contribution in [1.82, 2.24) is 5.32 Å². The first-order valence-corrected chi connectivity index (χ1v) is 6.03. The molecule has 0 radical (unpaired) electrons. The summed E-state index contributed by atoms with van der Waals surface area (Å²) in [6.07, 6.45) is 0. The van der Waals surface area contributed by atoms with E-state index in [1.807, 2.05) is 30.3 Å². The molecule has 0 saturated carbocycles. The molecule has 0 aliphatic carbocycles. The molecule has 2 rings (SSSR count). The minimum Gasteiger partial charge on any atom is -0.484 e. The van der Waals surface area contributed by atoms with Crippen LogP contribution in [0.5, 0.6) is 5.75 Å². The molecule has 0 heterocycles. The van der Waals surface area contributed by atoms with Crippen LogP contribution in [-0.2, 0) is 11.3 Å². The third kappa shape index (κ3) is 4.35. The van der Waals surface area contributed by atoms with E-state index in [-0.39, 0.29) is 18.3 Å². The molecule has 0 saturated heterocycles. The van der Waals surface area contributed by atoms with Crippen LogP contribution in [0.15, 0.2) is 48.5 Å². The summed E-state index contributed by atoms with van der Waals surface area (Å²) in [5.41, 5.74) is 0.956. The third-order valence-corrected chi connectivity index (χ3v) is 2.54. The van der Waals surface area contributed by atoms with E-state index < -0.39 is 11.6 Å². The summed E-state index contributed by atoms with van der Waals surface area (Å²) in [7, 11) is 0. The van der Waals surface area contributed by atoms with Crippen LogP contribution in [0.2, 0.25) is 0 Å². The van der Waals surface area contributed by atoms with Gasteiger partial charge in [-0.1, -0.05) is 30.3 Å². The molecule has 0 bridgehead atoms. The molecule has 1 N–H and O–H groups in total. The van der Waals surface area contributed by atoms with Crippen molar-refractivity contribution in [2.45, 2.75) is 6.54 Å². The lowest BCUT2D eigenvalue weighted by atomic mass is 10.2. The normalized spacial score (nSPS) is 10.1. The van der Waals surface area contributed by atoms with E-state index in [9.17, 15) is 13.6 Å². The lowest BCUT2D eigenvalue weighted by Crippen LogP contribution is -2.28. The molecule has 0 spiro atoms. The Labute approximate surface area is 115 Å². The van der Waals surface area contributed by atoms with E-state index in [1.165, 1.54) is 0 Å². The Morgan fingerprint density at radius 3 is 2.35 bits per heavy atom. The minimum absolute atomic E-state index is 0.0163. The average Bonchev–Trinajstić information content (AvgIpc) is 2.43. The largest absolute Gasteiger partial charge is 0.484 e. The number of amides is 1. The van der Waals surface area contributed by atoms with Crippen molar-refractivity contribution < 1.29 is 18.3 Å². The van der Waals surface area contributed by atoms with Gasteiger partial charge < -0.3 is 10.1 Å². The van der Waals surface area contributed by atoms with Crippen LogP contribution >= 0.6 is 0 Å². The van der Waals surface area contributed by atoms with E-state index in [0.717, 1.165) is 23.8 Å². The molecule has 2 aromatic carbocycles. The zero-order valence-corrected chi connectivity index (χ0v) is 10.6. The number of hydrogen-bond acceptors (Lipinski definition) is 2. The van der Waals surface area contributed by atoms with Crippen LogP contribution < -0.4 is 10.1 Å². The first-order valence-electron chi connectivity index (χ1n) is 6.03. The van der Waals surface area contributed by atoms with Gasteiger partial charge in [-0.25, -0.2) is 8.78 Å². The Balaban J connectivity index is 1.80. The Morgan fingerprint density at radius 1 is 1.05 bits per heavy atom. The van der Waals surface area contributed by atoms with Gasteiger partial charge in [-0.3, -0.25) is 4.79 Å². The Morgan fingerprint density at radius 2 is 1.70 bits per heavy atom. The van der Waals surface area contributed by atoms with Gasteiger partial charge in [0, 0.05) is 24.7 Å². The van der Waals surface area contributed by atoms with Gasteiger partial charge in [-0.2, -0.15) is 0 Å². The molecule has 0 aromatic heterocycles. The van der Waals surface area contributed by atoms with Crippen molar-refractivity contribution in [2.75, 3.05) is 6.61 Å². The first-order chi connectivity index (χ1) is 9.63. The summed E-state index contributed by atoms with van der Waals surface area (Å²) in [6, 6.07) is 12.2. The predicted octanol–water partition coefficient (Wildman–Crippen LogP) is 2.66. The molecule has 0 aliphatic rings. The van der Waals surface area contributed by atoms with Crippen LogP contribution in [0, 0.1) is 11.6 Å². The summed E-state index contributed by atoms with van der Waals surface area (Å²) < 4.78 is 30.8. The lowest BCUT2D eigenvalue weighted by Gasteiger charge is -2.07. The van der Waals surface area contributed by atoms with Gasteiger partial charge in [0.25, 0.3) is 5.91 Å². The lowest BCUT2D eigenvalue weighted by molar-refractivity contribution is -0.123. The summed E-state index contributed by atoms with van der Waals surface area (Å²) in [5.74, 6) is -1.87. The van der Waals surface area contributed by atoms with Gasteiger partial charge in [0.15, 0.2) is 6.61 Å². The van der Waals surface area contributed by atoms with Gasteiger partial charge >= 0.3 is 0 Å². The number of rotatable bonds is 5. The summed E-state index contributed by atoms with van der Waals surface area (Å²) in [5, 5.41) is 2.65. The molecule has 5 heteroatoms. The highest BCUT2D eigenvalue weighted by Crippen LogP contribution is 2.15. The fourth-order valence-electron chi connectivity index (χ4n) is 1.61.